The first-order valence-electron chi connectivity index (χ1n) is 11.7. The molecule has 2 atom stereocenters. The van der Waals surface area contributed by atoms with Crippen LogP contribution in [0.15, 0.2) is 66.0 Å². The van der Waals surface area contributed by atoms with Crippen molar-refractivity contribution in [1.82, 2.24) is 15.0 Å². The first-order chi connectivity index (χ1) is 17.3. The lowest BCUT2D eigenvalue weighted by molar-refractivity contribution is -0.0197. The molecule has 1 aliphatic rings. The number of nitrogens with one attached hydrogen (secondary N) is 2. The topological polar surface area (TPSA) is 114 Å². The highest BCUT2D eigenvalue weighted by Crippen LogP contribution is 2.31. The van der Waals surface area contributed by atoms with Gasteiger partial charge in [-0.3, -0.25) is 4.98 Å². The van der Waals surface area contributed by atoms with E-state index in [1.165, 1.54) is 6.33 Å². The van der Waals surface area contributed by atoms with Crippen LogP contribution in [0.25, 0.3) is 10.9 Å². The van der Waals surface area contributed by atoms with E-state index in [1.807, 2.05) is 69.3 Å². The molecule has 2 aromatic carbocycles. The van der Waals surface area contributed by atoms with Gasteiger partial charge in [0.15, 0.2) is 5.60 Å². The molecule has 3 N–H and O–H groups in total. The van der Waals surface area contributed by atoms with Crippen molar-refractivity contribution < 1.29 is 14.6 Å². The Kier molecular flexibility index (Phi) is 6.15. The zero-order chi connectivity index (χ0) is 25.3. The van der Waals surface area contributed by atoms with Gasteiger partial charge in [0.1, 0.15) is 23.6 Å². The van der Waals surface area contributed by atoms with Crippen LogP contribution < -0.4 is 15.4 Å². The lowest BCUT2D eigenvalue weighted by atomic mass is 10.0. The summed E-state index contributed by atoms with van der Waals surface area (Å²) in [5, 5.41) is 17.4. The molecule has 9 nitrogen and oxygen atoms in total. The lowest BCUT2D eigenvalue weighted by Gasteiger charge is -2.26. The van der Waals surface area contributed by atoms with Crippen LogP contribution >= 0.6 is 0 Å². The van der Waals surface area contributed by atoms with Crippen LogP contribution in [-0.4, -0.2) is 44.3 Å². The number of aromatic nitrogens is 3. The van der Waals surface area contributed by atoms with Gasteiger partial charge in [-0.2, -0.15) is 0 Å². The maximum Gasteiger partial charge on any atom is 0.290 e. The fourth-order valence-electron chi connectivity index (χ4n) is 3.77. The Morgan fingerprint density at radius 3 is 2.53 bits per heavy atom. The van der Waals surface area contributed by atoms with Crippen molar-refractivity contribution in [2.45, 2.75) is 39.4 Å². The molecule has 0 saturated carbocycles. The SMILES string of the molecule is Cc1ccc(Oc2ccc(Nc3ncnc4ccc(NC5=NCC(C)(C(C)O)O5)cc34)cc2C)cn1. The Hall–Kier alpha value is -4.24. The molecular formula is C27H28N6O3. The molecule has 0 bridgehead atoms. The molecule has 0 fully saturated rings. The van der Waals surface area contributed by atoms with Gasteiger partial charge in [0.2, 0.25) is 0 Å². The molecule has 9 heteroatoms. The summed E-state index contributed by atoms with van der Waals surface area (Å²) in [6, 6.07) is 15.8. The number of ether oxygens (including phenoxy) is 2. The van der Waals surface area contributed by atoms with Crippen molar-refractivity contribution in [2.24, 2.45) is 4.99 Å². The number of benzene rings is 2. The fourth-order valence-corrected chi connectivity index (χ4v) is 3.77. The summed E-state index contributed by atoms with van der Waals surface area (Å²) in [7, 11) is 0. The number of aliphatic hydroxyl groups is 1. The maximum atomic E-state index is 9.97. The molecule has 0 spiro atoms. The van der Waals surface area contributed by atoms with E-state index in [9.17, 15) is 5.11 Å². The van der Waals surface area contributed by atoms with Crippen LogP contribution in [0.4, 0.5) is 17.2 Å². The molecule has 4 aromatic rings. The monoisotopic (exact) mass is 484 g/mol. The van der Waals surface area contributed by atoms with Crippen LogP contribution in [0.2, 0.25) is 0 Å². The van der Waals surface area contributed by atoms with E-state index in [1.54, 1.807) is 13.1 Å². The Morgan fingerprint density at radius 2 is 1.81 bits per heavy atom. The van der Waals surface area contributed by atoms with E-state index in [0.717, 1.165) is 39.3 Å². The number of amidine groups is 1. The van der Waals surface area contributed by atoms with E-state index in [0.29, 0.717) is 24.1 Å². The van der Waals surface area contributed by atoms with Gasteiger partial charge in [0.25, 0.3) is 6.02 Å². The highest BCUT2D eigenvalue weighted by Gasteiger charge is 2.38. The highest BCUT2D eigenvalue weighted by molar-refractivity contribution is 5.97. The van der Waals surface area contributed by atoms with E-state index in [-0.39, 0.29) is 0 Å². The lowest BCUT2D eigenvalue weighted by Crippen LogP contribution is -2.41. The van der Waals surface area contributed by atoms with Crippen molar-refractivity contribution in [3.8, 4) is 11.5 Å². The zero-order valence-electron chi connectivity index (χ0n) is 20.6. The average Bonchev–Trinajstić information content (AvgIpc) is 3.24. The molecule has 0 saturated heterocycles. The van der Waals surface area contributed by atoms with E-state index in [2.05, 4.69) is 30.6 Å². The van der Waals surface area contributed by atoms with Crippen LogP contribution in [0.5, 0.6) is 11.5 Å². The minimum absolute atomic E-state index is 0.374. The van der Waals surface area contributed by atoms with Crippen molar-refractivity contribution in [3.63, 3.8) is 0 Å². The molecular weight excluding hydrogens is 456 g/mol. The number of aliphatic imine (C=N–C) groups is 1. The average molecular weight is 485 g/mol. The first-order valence-corrected chi connectivity index (χ1v) is 11.7. The number of hydrogen-bond acceptors (Lipinski definition) is 9. The minimum Gasteiger partial charge on any atom is -0.455 e. The molecule has 2 aromatic heterocycles. The van der Waals surface area contributed by atoms with Crippen LogP contribution in [-0.2, 0) is 4.74 Å². The summed E-state index contributed by atoms with van der Waals surface area (Å²) in [6.45, 7) is 7.85. The number of aryl methyl sites for hydroxylation is 2. The van der Waals surface area contributed by atoms with Crippen LogP contribution in [0, 0.1) is 13.8 Å². The summed E-state index contributed by atoms with van der Waals surface area (Å²) in [6.07, 6.45) is 2.60. The second kappa shape index (κ2) is 9.43. The number of pyridine rings is 1. The number of anilines is 3. The third-order valence-corrected chi connectivity index (χ3v) is 6.19. The summed E-state index contributed by atoms with van der Waals surface area (Å²) >= 11 is 0. The molecule has 36 heavy (non-hydrogen) atoms. The van der Waals surface area contributed by atoms with Crippen LogP contribution in [0.3, 0.4) is 0 Å². The second-order valence-electron chi connectivity index (χ2n) is 9.13. The molecule has 0 radical (unpaired) electrons. The van der Waals surface area contributed by atoms with Gasteiger partial charge in [-0.1, -0.05) is 0 Å². The molecule has 184 valence electrons. The number of hydrogen-bond donors (Lipinski definition) is 3. The number of fused-ring (bicyclic) bond motifs is 1. The van der Waals surface area contributed by atoms with Gasteiger partial charge < -0.3 is 25.2 Å². The summed E-state index contributed by atoms with van der Waals surface area (Å²) in [5.41, 5.74) is 3.62. The van der Waals surface area contributed by atoms with E-state index >= 15 is 0 Å². The van der Waals surface area contributed by atoms with E-state index in [4.69, 9.17) is 9.47 Å². The molecule has 3 heterocycles. The molecule has 0 aliphatic carbocycles. The predicted molar refractivity (Wildman–Crippen MR) is 140 cm³/mol. The molecule has 5 rings (SSSR count). The number of aliphatic hydroxyl groups excluding tert-OH is 1. The quantitative estimate of drug-likeness (QED) is 0.346. The summed E-state index contributed by atoms with van der Waals surface area (Å²) in [4.78, 5) is 17.5. The van der Waals surface area contributed by atoms with Gasteiger partial charge in [0.05, 0.1) is 24.4 Å². The molecule has 1 aliphatic heterocycles. The van der Waals surface area contributed by atoms with E-state index < -0.39 is 11.7 Å². The van der Waals surface area contributed by atoms with Gasteiger partial charge in [-0.15, -0.1) is 0 Å². The summed E-state index contributed by atoms with van der Waals surface area (Å²) < 4.78 is 11.8. The minimum atomic E-state index is -0.737. The van der Waals surface area contributed by atoms with Gasteiger partial charge in [-0.05, 0) is 81.8 Å². The number of nitrogens with zero attached hydrogens (tertiary/aromatic N) is 4. The number of rotatable bonds is 6. The predicted octanol–water partition coefficient (Wildman–Crippen LogP) is 5.12. The Balaban J connectivity index is 1.35. The third-order valence-electron chi connectivity index (χ3n) is 6.19. The second-order valence-corrected chi connectivity index (χ2v) is 9.13. The van der Waals surface area contributed by atoms with Crippen LogP contribution in [0.1, 0.15) is 25.1 Å². The normalized spacial score (nSPS) is 17.9. The van der Waals surface area contributed by atoms with Gasteiger partial charge in [-0.25, -0.2) is 15.0 Å². The Labute approximate surface area is 209 Å². The van der Waals surface area contributed by atoms with Crippen molar-refractivity contribution >= 4 is 34.1 Å². The maximum absolute atomic E-state index is 9.97. The van der Waals surface area contributed by atoms with Gasteiger partial charge in [0, 0.05) is 22.5 Å². The highest BCUT2D eigenvalue weighted by atomic mass is 16.5. The Bertz CT molecular complexity index is 1440. The standard InChI is InChI=1S/C27H28N6O3/c1-16-11-19(7-10-24(16)35-21-8-5-17(2)28-13-21)32-25-22-12-20(6-9-23(22)30-15-31-25)33-26-29-14-27(4,36-26)18(3)34/h5-13,15,18,34H,14H2,1-4H3,(H,29,33)(H,30,31,32). The van der Waals surface area contributed by atoms with Crippen molar-refractivity contribution in [1.29, 1.82) is 0 Å². The molecule has 2 unspecified atom stereocenters. The smallest absolute Gasteiger partial charge is 0.290 e. The van der Waals surface area contributed by atoms with Gasteiger partial charge >= 0.3 is 0 Å². The third kappa shape index (κ3) is 4.92. The fraction of sp³-hybridized carbons (Fsp3) is 0.259. The largest absolute Gasteiger partial charge is 0.455 e. The summed E-state index contributed by atoms with van der Waals surface area (Å²) in [5.74, 6) is 2.12. The first kappa shape index (κ1) is 23.5. The zero-order valence-corrected chi connectivity index (χ0v) is 20.6. The van der Waals surface area contributed by atoms with Crippen molar-refractivity contribution in [2.75, 3.05) is 17.2 Å². The van der Waals surface area contributed by atoms with Crippen molar-refractivity contribution in [3.05, 3.63) is 72.3 Å². The Morgan fingerprint density at radius 1 is 1.00 bits per heavy atom. The molecule has 0 amide bonds.